The predicted octanol–water partition coefficient (Wildman–Crippen LogP) is 0.461. The molecule has 5 amide bonds. The van der Waals surface area contributed by atoms with Gasteiger partial charge < -0.3 is 5.32 Å². The molecule has 0 bridgehead atoms. The van der Waals surface area contributed by atoms with Crippen LogP contribution < -0.4 is 10.6 Å². The number of nitrogens with zero attached hydrogens (tertiary/aromatic N) is 1. The number of nitrogens with one attached hydrogen (secondary N) is 2. The lowest BCUT2D eigenvalue weighted by Gasteiger charge is -2.27. The summed E-state index contributed by atoms with van der Waals surface area (Å²) in [6, 6.07) is 3.53. The minimum absolute atomic E-state index is 0.0578. The Morgan fingerprint density at radius 3 is 2.67 bits per heavy atom. The number of anilines is 1. The van der Waals surface area contributed by atoms with Crippen LogP contribution in [-0.4, -0.2) is 44.9 Å². The molecular formula is C15H12IN3O5. The second kappa shape index (κ2) is 6.30. The molecule has 0 spiro atoms. The van der Waals surface area contributed by atoms with Crippen LogP contribution in [0.2, 0.25) is 0 Å². The van der Waals surface area contributed by atoms with Gasteiger partial charge in [-0.3, -0.25) is 34.2 Å². The number of rotatable bonds is 3. The van der Waals surface area contributed by atoms with E-state index in [-0.39, 0.29) is 40.0 Å². The van der Waals surface area contributed by atoms with Crippen molar-refractivity contribution in [1.29, 1.82) is 0 Å². The average Bonchev–Trinajstić information content (AvgIpc) is 2.80. The smallest absolute Gasteiger partial charge is 0.264 e. The molecule has 0 aliphatic carbocycles. The molecule has 3 rings (SSSR count). The van der Waals surface area contributed by atoms with Crippen molar-refractivity contribution in [3.8, 4) is 0 Å². The van der Waals surface area contributed by atoms with Crippen molar-refractivity contribution in [2.45, 2.75) is 18.9 Å². The molecule has 2 N–H and O–H groups in total. The number of hydrogen-bond acceptors (Lipinski definition) is 5. The first kappa shape index (κ1) is 16.6. The van der Waals surface area contributed by atoms with E-state index >= 15 is 0 Å². The third-order valence-electron chi connectivity index (χ3n) is 3.86. The molecule has 1 fully saturated rings. The van der Waals surface area contributed by atoms with E-state index < -0.39 is 29.7 Å². The Hall–Kier alpha value is -2.30. The maximum absolute atomic E-state index is 12.7. The first-order valence-electron chi connectivity index (χ1n) is 7.14. The van der Waals surface area contributed by atoms with Crippen molar-refractivity contribution in [3.05, 3.63) is 29.3 Å². The monoisotopic (exact) mass is 441 g/mol. The minimum atomic E-state index is -1.02. The Morgan fingerprint density at radius 2 is 2.00 bits per heavy atom. The van der Waals surface area contributed by atoms with Gasteiger partial charge in [-0.05, 0) is 18.6 Å². The fraction of sp³-hybridized carbons (Fsp3) is 0.267. The van der Waals surface area contributed by atoms with Gasteiger partial charge in [0.1, 0.15) is 6.04 Å². The maximum Gasteiger partial charge on any atom is 0.264 e. The Kier molecular flexibility index (Phi) is 4.35. The summed E-state index contributed by atoms with van der Waals surface area (Å²) < 4.78 is 0.195. The van der Waals surface area contributed by atoms with E-state index in [1.54, 1.807) is 6.07 Å². The van der Waals surface area contributed by atoms with Gasteiger partial charge in [0.05, 0.1) is 21.2 Å². The lowest BCUT2D eigenvalue weighted by Crippen LogP contribution is -2.54. The molecule has 2 aliphatic heterocycles. The highest BCUT2D eigenvalue weighted by Crippen LogP contribution is 2.32. The molecule has 1 saturated heterocycles. The van der Waals surface area contributed by atoms with Gasteiger partial charge in [-0.2, -0.15) is 0 Å². The van der Waals surface area contributed by atoms with Gasteiger partial charge in [0.2, 0.25) is 17.7 Å². The highest BCUT2D eigenvalue weighted by atomic mass is 127. The lowest BCUT2D eigenvalue weighted by atomic mass is 10.0. The Balaban J connectivity index is 1.97. The van der Waals surface area contributed by atoms with Crippen molar-refractivity contribution < 1.29 is 24.0 Å². The summed E-state index contributed by atoms with van der Waals surface area (Å²) in [6.07, 6.45) is 0.147. The van der Waals surface area contributed by atoms with Crippen LogP contribution in [0.4, 0.5) is 5.69 Å². The summed E-state index contributed by atoms with van der Waals surface area (Å²) in [5, 5.41) is 4.72. The molecular weight excluding hydrogens is 429 g/mol. The quantitative estimate of drug-likeness (QED) is 0.402. The number of benzene rings is 1. The number of carbonyl (C=O) groups excluding carboxylic acids is 5. The molecule has 0 aromatic heterocycles. The highest BCUT2D eigenvalue weighted by molar-refractivity contribution is 14.1. The van der Waals surface area contributed by atoms with Crippen LogP contribution in [-0.2, 0) is 14.4 Å². The molecule has 124 valence electrons. The summed E-state index contributed by atoms with van der Waals surface area (Å²) in [5.74, 6) is -2.64. The number of amides is 5. The van der Waals surface area contributed by atoms with Crippen molar-refractivity contribution in [2.75, 3.05) is 9.74 Å². The fourth-order valence-corrected chi connectivity index (χ4v) is 2.99. The van der Waals surface area contributed by atoms with E-state index in [0.717, 1.165) is 4.90 Å². The molecule has 0 saturated carbocycles. The Bertz CT molecular complexity index is 791. The Labute approximate surface area is 150 Å². The van der Waals surface area contributed by atoms with Crippen LogP contribution in [0, 0.1) is 0 Å². The second-order valence-electron chi connectivity index (χ2n) is 5.36. The van der Waals surface area contributed by atoms with Gasteiger partial charge in [-0.1, -0.05) is 28.7 Å². The topological polar surface area (TPSA) is 113 Å². The molecule has 1 unspecified atom stereocenters. The van der Waals surface area contributed by atoms with Gasteiger partial charge in [0, 0.05) is 6.42 Å². The summed E-state index contributed by atoms with van der Waals surface area (Å²) in [5.41, 5.74) is 0.448. The second-order valence-corrected chi connectivity index (χ2v) is 6.12. The van der Waals surface area contributed by atoms with Crippen LogP contribution in [0.15, 0.2) is 18.2 Å². The van der Waals surface area contributed by atoms with Crippen LogP contribution in [0.5, 0.6) is 0 Å². The van der Waals surface area contributed by atoms with E-state index in [4.69, 9.17) is 0 Å². The molecule has 0 radical (unpaired) electrons. The lowest BCUT2D eigenvalue weighted by molar-refractivity contribution is -0.136. The van der Waals surface area contributed by atoms with Crippen molar-refractivity contribution in [3.63, 3.8) is 0 Å². The van der Waals surface area contributed by atoms with Crippen molar-refractivity contribution in [1.82, 2.24) is 10.2 Å². The number of imide groups is 2. The molecule has 1 aromatic rings. The zero-order valence-electron chi connectivity index (χ0n) is 12.3. The van der Waals surface area contributed by atoms with Gasteiger partial charge in [0.25, 0.3) is 11.8 Å². The number of fused-ring (bicyclic) bond motifs is 1. The van der Waals surface area contributed by atoms with E-state index in [1.165, 1.54) is 12.1 Å². The average molecular weight is 441 g/mol. The molecule has 8 nitrogen and oxygen atoms in total. The van der Waals surface area contributed by atoms with Crippen LogP contribution in [0.1, 0.15) is 33.6 Å². The normalized spacial score (nSPS) is 20.0. The summed E-state index contributed by atoms with van der Waals surface area (Å²) in [6.45, 7) is 0. The van der Waals surface area contributed by atoms with Gasteiger partial charge >= 0.3 is 0 Å². The van der Waals surface area contributed by atoms with Crippen LogP contribution in [0.3, 0.4) is 0 Å². The first-order valence-corrected chi connectivity index (χ1v) is 8.67. The number of alkyl halides is 1. The standard InChI is InChI=1S/C15H12IN3O5/c16-6-11(21)17-8-3-1-2-7-12(8)15(24)19(14(7)23)9-4-5-10(20)18-13(9)22/h1-3,9H,4-6H2,(H,17,21)(H,18,20,22). The molecule has 2 heterocycles. The molecule has 24 heavy (non-hydrogen) atoms. The number of carbonyl (C=O) groups is 5. The summed E-state index contributed by atoms with van der Waals surface area (Å²) in [4.78, 5) is 61.0. The van der Waals surface area contributed by atoms with Gasteiger partial charge in [-0.15, -0.1) is 0 Å². The van der Waals surface area contributed by atoms with E-state index in [2.05, 4.69) is 10.6 Å². The Morgan fingerprint density at radius 1 is 1.25 bits per heavy atom. The molecule has 2 aliphatic rings. The zero-order chi connectivity index (χ0) is 17.4. The van der Waals surface area contributed by atoms with E-state index in [9.17, 15) is 24.0 Å². The third-order valence-corrected chi connectivity index (χ3v) is 4.56. The van der Waals surface area contributed by atoms with Crippen molar-refractivity contribution >= 4 is 57.8 Å². The maximum atomic E-state index is 12.7. The SMILES string of the molecule is O=C1CCC(N2C(=O)c3cccc(NC(=O)CI)c3C2=O)C(=O)N1. The molecule has 1 atom stereocenters. The zero-order valence-corrected chi connectivity index (χ0v) is 14.5. The first-order chi connectivity index (χ1) is 11.4. The largest absolute Gasteiger partial charge is 0.325 e. The van der Waals surface area contributed by atoms with Crippen molar-refractivity contribution in [2.24, 2.45) is 0 Å². The van der Waals surface area contributed by atoms with Gasteiger partial charge in [0.15, 0.2) is 0 Å². The fourth-order valence-electron chi connectivity index (χ4n) is 2.80. The van der Waals surface area contributed by atoms with Crippen LogP contribution in [0.25, 0.3) is 0 Å². The van der Waals surface area contributed by atoms with Crippen LogP contribution >= 0.6 is 22.6 Å². The predicted molar refractivity (Wildman–Crippen MR) is 90.6 cm³/mol. The van der Waals surface area contributed by atoms with E-state index in [1.807, 2.05) is 22.6 Å². The summed E-state index contributed by atoms with van der Waals surface area (Å²) in [7, 11) is 0. The molecule has 9 heteroatoms. The molecule has 1 aromatic carbocycles. The van der Waals surface area contributed by atoms with E-state index in [0.29, 0.717) is 0 Å². The van der Waals surface area contributed by atoms with Gasteiger partial charge in [-0.25, -0.2) is 0 Å². The number of piperidine rings is 1. The number of hydrogen-bond donors (Lipinski definition) is 2. The highest BCUT2D eigenvalue weighted by Gasteiger charge is 2.45. The summed E-state index contributed by atoms with van der Waals surface area (Å²) >= 11 is 1.88. The number of halogens is 1. The third kappa shape index (κ3) is 2.68. The minimum Gasteiger partial charge on any atom is -0.325 e.